The van der Waals surface area contributed by atoms with Crippen molar-refractivity contribution in [1.82, 2.24) is 10.2 Å². The van der Waals surface area contributed by atoms with Crippen LogP contribution in [0.3, 0.4) is 0 Å². The minimum Gasteiger partial charge on any atom is -0.313 e. The van der Waals surface area contributed by atoms with Crippen molar-refractivity contribution in [1.29, 1.82) is 0 Å². The minimum absolute atomic E-state index is 0.610. The average Bonchev–Trinajstić information content (AvgIpc) is 2.82. The molecule has 1 aromatic heterocycles. The third-order valence-electron chi connectivity index (χ3n) is 4.62. The van der Waals surface area contributed by atoms with E-state index < -0.39 is 0 Å². The first-order valence-electron chi connectivity index (χ1n) is 7.27. The molecule has 18 heavy (non-hydrogen) atoms. The Morgan fingerprint density at radius 2 is 2.33 bits per heavy atom. The number of thiophene rings is 1. The van der Waals surface area contributed by atoms with Crippen LogP contribution in [0.25, 0.3) is 0 Å². The molecular weight excluding hydrogens is 240 g/mol. The molecule has 2 nitrogen and oxygen atoms in total. The van der Waals surface area contributed by atoms with Crippen molar-refractivity contribution in [3.8, 4) is 0 Å². The van der Waals surface area contributed by atoms with Crippen LogP contribution < -0.4 is 5.32 Å². The predicted octanol–water partition coefficient (Wildman–Crippen LogP) is 3.06. The van der Waals surface area contributed by atoms with Gasteiger partial charge in [0.15, 0.2) is 0 Å². The van der Waals surface area contributed by atoms with E-state index in [2.05, 4.69) is 35.5 Å². The lowest BCUT2D eigenvalue weighted by atomic mass is 9.93. The maximum Gasteiger partial charge on any atom is 0.0331 e. The summed E-state index contributed by atoms with van der Waals surface area (Å²) >= 11 is 1.94. The van der Waals surface area contributed by atoms with Crippen molar-refractivity contribution in [2.24, 2.45) is 5.92 Å². The van der Waals surface area contributed by atoms with Crippen LogP contribution >= 0.6 is 11.3 Å². The second-order valence-corrected chi connectivity index (χ2v) is 7.00. The summed E-state index contributed by atoms with van der Waals surface area (Å²) in [5, 5.41) is 5.95. The molecule has 0 saturated carbocycles. The van der Waals surface area contributed by atoms with Gasteiger partial charge in [0.2, 0.25) is 0 Å². The van der Waals surface area contributed by atoms with E-state index >= 15 is 0 Å². The Hall–Kier alpha value is -0.380. The highest BCUT2D eigenvalue weighted by atomic mass is 32.1. The lowest BCUT2D eigenvalue weighted by Gasteiger charge is -2.38. The first kappa shape index (κ1) is 12.6. The zero-order valence-electron chi connectivity index (χ0n) is 11.5. The summed E-state index contributed by atoms with van der Waals surface area (Å²) in [6, 6.07) is 3.64. The van der Waals surface area contributed by atoms with Crippen LogP contribution in [0.1, 0.15) is 43.2 Å². The molecule has 0 spiro atoms. The van der Waals surface area contributed by atoms with Gasteiger partial charge in [-0.15, -0.1) is 11.3 Å². The molecule has 3 heteroatoms. The monoisotopic (exact) mass is 264 g/mol. The number of nitrogens with one attached hydrogen (secondary N) is 1. The molecule has 1 fully saturated rings. The molecule has 0 aromatic carbocycles. The van der Waals surface area contributed by atoms with Crippen LogP contribution in [0.2, 0.25) is 0 Å². The zero-order valence-corrected chi connectivity index (χ0v) is 12.3. The molecule has 1 N–H and O–H groups in total. The van der Waals surface area contributed by atoms with Gasteiger partial charge in [0, 0.05) is 30.1 Å². The topological polar surface area (TPSA) is 15.3 Å². The molecule has 3 unspecified atom stereocenters. The van der Waals surface area contributed by atoms with Crippen molar-refractivity contribution >= 4 is 11.3 Å². The molecule has 0 amide bonds. The molecule has 1 saturated heterocycles. The Kier molecular flexibility index (Phi) is 3.73. The maximum absolute atomic E-state index is 3.70. The van der Waals surface area contributed by atoms with Crippen LogP contribution in [-0.4, -0.2) is 30.6 Å². The number of piperidine rings is 1. The Morgan fingerprint density at radius 3 is 3.17 bits per heavy atom. The molecule has 1 aromatic rings. The van der Waals surface area contributed by atoms with Gasteiger partial charge < -0.3 is 5.32 Å². The van der Waals surface area contributed by atoms with Crippen molar-refractivity contribution in [3.05, 3.63) is 21.9 Å². The molecule has 3 atom stereocenters. The molecule has 3 heterocycles. The Labute approximate surface area is 114 Å². The Bertz CT molecular complexity index is 401. The fourth-order valence-electron chi connectivity index (χ4n) is 3.45. The summed E-state index contributed by atoms with van der Waals surface area (Å²) in [5.41, 5.74) is 1.58. The molecule has 0 bridgehead atoms. The van der Waals surface area contributed by atoms with Crippen molar-refractivity contribution in [2.45, 2.75) is 45.2 Å². The Balaban J connectivity index is 1.64. The SMILES string of the molecule is CC1CCNC(CN2CCc3sccc3C2C)C1. The van der Waals surface area contributed by atoms with Crippen molar-refractivity contribution in [2.75, 3.05) is 19.6 Å². The first-order chi connectivity index (χ1) is 8.74. The van der Waals surface area contributed by atoms with Gasteiger partial charge in [-0.1, -0.05) is 6.92 Å². The molecule has 0 radical (unpaired) electrons. The second-order valence-electron chi connectivity index (χ2n) is 6.00. The van der Waals surface area contributed by atoms with E-state index in [0.29, 0.717) is 12.1 Å². The number of hydrogen-bond acceptors (Lipinski definition) is 3. The van der Waals surface area contributed by atoms with Gasteiger partial charge in [-0.05, 0) is 55.7 Å². The lowest BCUT2D eigenvalue weighted by Crippen LogP contribution is -2.47. The van der Waals surface area contributed by atoms with E-state index in [1.807, 2.05) is 11.3 Å². The van der Waals surface area contributed by atoms with E-state index in [0.717, 1.165) is 5.92 Å². The van der Waals surface area contributed by atoms with Crippen LogP contribution in [0.15, 0.2) is 11.4 Å². The van der Waals surface area contributed by atoms with E-state index in [1.165, 1.54) is 38.9 Å². The summed E-state index contributed by atoms with van der Waals surface area (Å²) in [7, 11) is 0. The normalized spacial score (nSPS) is 33.3. The van der Waals surface area contributed by atoms with E-state index in [-0.39, 0.29) is 0 Å². The minimum atomic E-state index is 0.610. The van der Waals surface area contributed by atoms with Crippen LogP contribution in [0.5, 0.6) is 0 Å². The second kappa shape index (κ2) is 5.32. The van der Waals surface area contributed by atoms with Gasteiger partial charge >= 0.3 is 0 Å². The van der Waals surface area contributed by atoms with Gasteiger partial charge in [0.1, 0.15) is 0 Å². The van der Waals surface area contributed by atoms with Crippen LogP contribution in [0, 0.1) is 5.92 Å². The summed E-state index contributed by atoms with van der Waals surface area (Å²) in [6.07, 6.45) is 3.94. The van der Waals surface area contributed by atoms with Crippen LogP contribution in [-0.2, 0) is 6.42 Å². The highest BCUT2D eigenvalue weighted by Crippen LogP contribution is 2.33. The maximum atomic E-state index is 3.70. The number of fused-ring (bicyclic) bond motifs is 1. The predicted molar refractivity (Wildman–Crippen MR) is 78.2 cm³/mol. The van der Waals surface area contributed by atoms with Crippen molar-refractivity contribution in [3.63, 3.8) is 0 Å². The molecule has 100 valence electrons. The number of rotatable bonds is 2. The lowest BCUT2D eigenvalue weighted by molar-refractivity contribution is 0.158. The van der Waals surface area contributed by atoms with Crippen molar-refractivity contribution < 1.29 is 0 Å². The fraction of sp³-hybridized carbons (Fsp3) is 0.733. The highest BCUT2D eigenvalue weighted by molar-refractivity contribution is 7.10. The largest absolute Gasteiger partial charge is 0.313 e. The third kappa shape index (κ3) is 2.49. The third-order valence-corrected chi connectivity index (χ3v) is 5.61. The zero-order chi connectivity index (χ0) is 12.5. The van der Waals surface area contributed by atoms with E-state index in [9.17, 15) is 0 Å². The summed E-state index contributed by atoms with van der Waals surface area (Å²) < 4.78 is 0. The molecule has 2 aliphatic rings. The quantitative estimate of drug-likeness (QED) is 0.883. The molecule has 2 aliphatic heterocycles. The van der Waals surface area contributed by atoms with Gasteiger partial charge in [0.25, 0.3) is 0 Å². The van der Waals surface area contributed by atoms with Gasteiger partial charge in [-0.25, -0.2) is 0 Å². The molecule has 0 aliphatic carbocycles. The van der Waals surface area contributed by atoms with E-state index in [1.54, 1.807) is 10.4 Å². The molecule has 3 rings (SSSR count). The summed E-state index contributed by atoms with van der Waals surface area (Å²) in [6.45, 7) is 8.43. The average molecular weight is 264 g/mol. The summed E-state index contributed by atoms with van der Waals surface area (Å²) in [4.78, 5) is 4.29. The fourth-order valence-corrected chi connectivity index (χ4v) is 4.42. The van der Waals surface area contributed by atoms with Gasteiger partial charge in [-0.3, -0.25) is 4.90 Å². The Morgan fingerprint density at radius 1 is 1.44 bits per heavy atom. The number of nitrogens with zero attached hydrogens (tertiary/aromatic N) is 1. The number of hydrogen-bond donors (Lipinski definition) is 1. The first-order valence-corrected chi connectivity index (χ1v) is 8.15. The standard InChI is InChI=1S/C15H24N2S/c1-11-3-6-16-13(9-11)10-17-7-4-15-14(12(17)2)5-8-18-15/h5,8,11-13,16H,3-4,6-7,9-10H2,1-2H3. The smallest absolute Gasteiger partial charge is 0.0331 e. The van der Waals surface area contributed by atoms with Crippen LogP contribution in [0.4, 0.5) is 0 Å². The molecular formula is C15H24N2S. The summed E-state index contributed by atoms with van der Waals surface area (Å²) in [5.74, 6) is 0.896. The highest BCUT2D eigenvalue weighted by Gasteiger charge is 2.28. The van der Waals surface area contributed by atoms with E-state index in [4.69, 9.17) is 0 Å². The van der Waals surface area contributed by atoms with Gasteiger partial charge in [-0.2, -0.15) is 0 Å². The van der Waals surface area contributed by atoms with Gasteiger partial charge in [0.05, 0.1) is 0 Å².